The molecular weight excluding hydrogens is 411 g/mol. The van der Waals surface area contributed by atoms with Gasteiger partial charge in [-0.05, 0) is 41.8 Å². The zero-order valence-corrected chi connectivity index (χ0v) is 17.0. The molecule has 0 aliphatic heterocycles. The lowest BCUT2D eigenvalue weighted by Crippen LogP contribution is -2.38. The molecule has 0 saturated heterocycles. The van der Waals surface area contributed by atoms with Gasteiger partial charge >= 0.3 is 6.36 Å². The number of hydrogen-bond donors (Lipinski definition) is 1. The van der Waals surface area contributed by atoms with Crippen LogP contribution in [0.25, 0.3) is 16.8 Å². The Balaban J connectivity index is 1.88. The molecule has 1 aromatic heterocycles. The van der Waals surface area contributed by atoms with Gasteiger partial charge in [-0.1, -0.05) is 31.2 Å². The Morgan fingerprint density at radius 1 is 1.16 bits per heavy atom. The lowest BCUT2D eigenvalue weighted by atomic mass is 10.0. The van der Waals surface area contributed by atoms with Gasteiger partial charge in [-0.15, -0.1) is 13.2 Å². The molecular formula is C22H22F3N3O3. The fourth-order valence-corrected chi connectivity index (χ4v) is 3.10. The smallest absolute Gasteiger partial charge is 0.406 e. The molecule has 3 rings (SSSR count). The summed E-state index contributed by atoms with van der Waals surface area (Å²) in [6.45, 7) is 2.34. The number of carbonyl (C=O) groups excluding carboxylic acids is 1. The number of halogens is 3. The van der Waals surface area contributed by atoms with Crippen LogP contribution in [0.15, 0.2) is 61.1 Å². The number of methoxy groups -OCH3 is 1. The van der Waals surface area contributed by atoms with Gasteiger partial charge in [0.05, 0.1) is 25.2 Å². The highest BCUT2D eigenvalue weighted by Crippen LogP contribution is 2.29. The molecule has 0 saturated carbocycles. The van der Waals surface area contributed by atoms with Gasteiger partial charge in [-0.2, -0.15) is 0 Å². The van der Waals surface area contributed by atoms with E-state index in [1.165, 1.54) is 30.7 Å². The summed E-state index contributed by atoms with van der Waals surface area (Å²) in [7, 11) is 1.57. The van der Waals surface area contributed by atoms with Crippen LogP contribution in [0.1, 0.15) is 23.8 Å². The Morgan fingerprint density at radius 2 is 1.87 bits per heavy atom. The minimum atomic E-state index is -4.77. The number of aromatic nitrogens is 2. The molecule has 31 heavy (non-hydrogen) atoms. The molecule has 2 aromatic carbocycles. The van der Waals surface area contributed by atoms with Crippen molar-refractivity contribution >= 4 is 5.91 Å². The van der Waals surface area contributed by atoms with Crippen molar-refractivity contribution in [1.29, 1.82) is 0 Å². The van der Waals surface area contributed by atoms with E-state index in [9.17, 15) is 18.0 Å². The zero-order chi connectivity index (χ0) is 22.4. The molecule has 6 nitrogen and oxygen atoms in total. The van der Waals surface area contributed by atoms with Crippen molar-refractivity contribution in [2.75, 3.05) is 13.7 Å². The highest BCUT2D eigenvalue weighted by molar-refractivity contribution is 5.93. The maximum absolute atomic E-state index is 12.7. The molecule has 9 heteroatoms. The van der Waals surface area contributed by atoms with Gasteiger partial charge in [0, 0.05) is 12.8 Å². The van der Waals surface area contributed by atoms with Crippen molar-refractivity contribution in [3.05, 3.63) is 66.7 Å². The average molecular weight is 433 g/mol. The Hall–Kier alpha value is -3.33. The Labute approximate surface area is 177 Å². The van der Waals surface area contributed by atoms with E-state index < -0.39 is 6.36 Å². The van der Waals surface area contributed by atoms with Crippen molar-refractivity contribution < 1.29 is 27.4 Å². The van der Waals surface area contributed by atoms with Crippen LogP contribution in [0.3, 0.4) is 0 Å². The number of nitrogens with one attached hydrogen (secondary N) is 1. The highest BCUT2D eigenvalue weighted by Gasteiger charge is 2.31. The van der Waals surface area contributed by atoms with Crippen LogP contribution >= 0.6 is 0 Å². The molecule has 0 aliphatic rings. The molecule has 0 radical (unpaired) electrons. The van der Waals surface area contributed by atoms with E-state index in [0.29, 0.717) is 35.5 Å². The van der Waals surface area contributed by atoms with Crippen molar-refractivity contribution in [2.45, 2.75) is 25.7 Å². The second-order valence-electron chi connectivity index (χ2n) is 6.81. The molecule has 1 amide bonds. The molecule has 0 fully saturated rings. The number of amides is 1. The predicted octanol–water partition coefficient (Wildman–Crippen LogP) is 4.59. The molecule has 1 N–H and O–H groups in total. The van der Waals surface area contributed by atoms with Crippen LogP contribution in [-0.2, 0) is 4.74 Å². The lowest BCUT2D eigenvalue weighted by Gasteiger charge is -2.17. The van der Waals surface area contributed by atoms with Gasteiger partial charge in [-0.25, -0.2) is 4.98 Å². The third-order valence-corrected chi connectivity index (χ3v) is 4.59. The molecule has 0 bridgehead atoms. The van der Waals surface area contributed by atoms with Gasteiger partial charge < -0.3 is 14.8 Å². The minimum absolute atomic E-state index is 0.136. The van der Waals surface area contributed by atoms with Crippen LogP contribution in [0.2, 0.25) is 0 Å². The topological polar surface area (TPSA) is 65.4 Å². The monoisotopic (exact) mass is 433 g/mol. The first kappa shape index (κ1) is 22.4. The second kappa shape index (κ2) is 9.65. The summed E-state index contributed by atoms with van der Waals surface area (Å²) in [4.78, 5) is 16.8. The largest absolute Gasteiger partial charge is 0.573 e. The Bertz CT molecular complexity index is 1030. The van der Waals surface area contributed by atoms with E-state index in [4.69, 9.17) is 4.74 Å². The van der Waals surface area contributed by atoms with Gasteiger partial charge in [0.25, 0.3) is 5.91 Å². The molecule has 1 atom stereocenters. The molecule has 0 unspecified atom stereocenters. The van der Waals surface area contributed by atoms with E-state index in [1.807, 2.05) is 6.92 Å². The number of nitrogens with zero attached hydrogens (tertiary/aromatic N) is 2. The highest BCUT2D eigenvalue weighted by atomic mass is 19.4. The summed E-state index contributed by atoms with van der Waals surface area (Å²) >= 11 is 0. The van der Waals surface area contributed by atoms with Gasteiger partial charge in [-0.3, -0.25) is 9.36 Å². The number of rotatable bonds is 8. The predicted molar refractivity (Wildman–Crippen MR) is 109 cm³/mol. The maximum Gasteiger partial charge on any atom is 0.573 e. The average Bonchev–Trinajstić information content (AvgIpc) is 3.22. The van der Waals surface area contributed by atoms with E-state index >= 15 is 0 Å². The summed E-state index contributed by atoms with van der Waals surface area (Å²) < 4.78 is 48.3. The first-order valence-electron chi connectivity index (χ1n) is 9.59. The second-order valence-corrected chi connectivity index (χ2v) is 6.81. The first-order valence-corrected chi connectivity index (χ1v) is 9.59. The number of imidazole rings is 1. The first-order chi connectivity index (χ1) is 14.8. The summed E-state index contributed by atoms with van der Waals surface area (Å²) in [5.74, 6) is -0.603. The fourth-order valence-electron chi connectivity index (χ4n) is 3.10. The van der Waals surface area contributed by atoms with Crippen LogP contribution in [-0.4, -0.2) is 41.6 Å². The maximum atomic E-state index is 12.7. The van der Waals surface area contributed by atoms with Crippen LogP contribution in [0.5, 0.6) is 5.75 Å². The number of alkyl halides is 3. The summed E-state index contributed by atoms with van der Waals surface area (Å²) in [6.07, 6.45) is -1.09. The lowest BCUT2D eigenvalue weighted by molar-refractivity contribution is -0.274. The third kappa shape index (κ3) is 5.85. The molecule has 0 spiro atoms. The number of benzene rings is 2. The van der Waals surface area contributed by atoms with E-state index in [1.54, 1.807) is 42.0 Å². The third-order valence-electron chi connectivity index (χ3n) is 4.59. The molecule has 164 valence electrons. The van der Waals surface area contributed by atoms with Gasteiger partial charge in [0.2, 0.25) is 0 Å². The number of ether oxygens (including phenoxy) is 2. The minimum Gasteiger partial charge on any atom is -0.406 e. The summed E-state index contributed by atoms with van der Waals surface area (Å²) in [5.41, 5.74) is 2.18. The van der Waals surface area contributed by atoms with Crippen LogP contribution in [0.4, 0.5) is 13.2 Å². The normalized spacial score (nSPS) is 12.4. The molecule has 3 aromatic rings. The quantitative estimate of drug-likeness (QED) is 0.564. The van der Waals surface area contributed by atoms with Gasteiger partial charge in [0.1, 0.15) is 11.4 Å². The molecule has 0 aliphatic carbocycles. The van der Waals surface area contributed by atoms with E-state index in [0.717, 1.165) is 0 Å². The number of carbonyl (C=O) groups is 1. The van der Waals surface area contributed by atoms with Crippen molar-refractivity contribution in [2.24, 2.45) is 0 Å². The molecule has 1 heterocycles. The summed E-state index contributed by atoms with van der Waals surface area (Å²) in [5, 5.41) is 2.91. The van der Waals surface area contributed by atoms with Crippen molar-refractivity contribution in [3.8, 4) is 22.6 Å². The van der Waals surface area contributed by atoms with Gasteiger partial charge in [0.15, 0.2) is 0 Å². The Kier molecular flexibility index (Phi) is 6.96. The standard InChI is InChI=1S/C22H22F3N3O3/c1-3-17(13-30-2)27-21(29)20-12-26-14-28(20)18-8-4-6-15(10-18)16-7-5-9-19(11-16)31-22(23,24)25/h4-12,14,17H,3,13H2,1-2H3,(H,27,29)/t17-/m0/s1. The summed E-state index contributed by atoms with van der Waals surface area (Å²) in [6, 6.07) is 12.6. The van der Waals surface area contributed by atoms with Crippen molar-refractivity contribution in [1.82, 2.24) is 14.9 Å². The van der Waals surface area contributed by atoms with E-state index in [-0.39, 0.29) is 17.7 Å². The van der Waals surface area contributed by atoms with Crippen LogP contribution < -0.4 is 10.1 Å². The Morgan fingerprint density at radius 3 is 2.55 bits per heavy atom. The fraction of sp³-hybridized carbons (Fsp3) is 0.273. The van der Waals surface area contributed by atoms with Crippen molar-refractivity contribution in [3.63, 3.8) is 0 Å². The van der Waals surface area contributed by atoms with Crippen LogP contribution in [0, 0.1) is 0 Å². The SMILES string of the molecule is CC[C@@H](COC)NC(=O)c1cncn1-c1cccc(-c2cccc(OC(F)(F)F)c2)c1. The number of hydrogen-bond acceptors (Lipinski definition) is 4. The van der Waals surface area contributed by atoms with E-state index in [2.05, 4.69) is 15.0 Å². The zero-order valence-electron chi connectivity index (χ0n) is 17.0.